The number of hydrogen-bond acceptors (Lipinski definition) is 3. The summed E-state index contributed by atoms with van der Waals surface area (Å²) in [6, 6.07) is 5.30. The van der Waals surface area contributed by atoms with Crippen LogP contribution in [0.25, 0.3) is 0 Å². The van der Waals surface area contributed by atoms with Crippen LogP contribution in [-0.2, 0) is 0 Å². The van der Waals surface area contributed by atoms with E-state index in [2.05, 4.69) is 0 Å². The van der Waals surface area contributed by atoms with Gasteiger partial charge in [0.05, 0.1) is 18.8 Å². The standard InChI is InChI=1S/C11H16N2O2/c1-7(2)15-10-8(11(12)13)5-4-6-9(10)14-3/h4-7H,1-3H3,(H3,12,13). The number of amidine groups is 1. The molecule has 4 nitrogen and oxygen atoms in total. The summed E-state index contributed by atoms with van der Waals surface area (Å²) in [5.74, 6) is 1.10. The third-order valence-electron chi connectivity index (χ3n) is 1.84. The number of ether oxygens (including phenoxy) is 2. The van der Waals surface area contributed by atoms with Crippen molar-refractivity contribution in [2.75, 3.05) is 7.11 Å². The Morgan fingerprint density at radius 1 is 1.40 bits per heavy atom. The second-order valence-electron chi connectivity index (χ2n) is 3.42. The predicted octanol–water partition coefficient (Wildman–Crippen LogP) is 1.77. The molecule has 0 spiro atoms. The number of benzene rings is 1. The molecule has 0 aliphatic rings. The van der Waals surface area contributed by atoms with Crippen molar-refractivity contribution >= 4 is 5.84 Å². The van der Waals surface area contributed by atoms with Crippen LogP contribution in [0.2, 0.25) is 0 Å². The van der Waals surface area contributed by atoms with Crippen molar-refractivity contribution in [2.24, 2.45) is 5.73 Å². The fourth-order valence-corrected chi connectivity index (χ4v) is 1.25. The summed E-state index contributed by atoms with van der Waals surface area (Å²) in [6.45, 7) is 3.83. The van der Waals surface area contributed by atoms with Crippen molar-refractivity contribution in [1.29, 1.82) is 5.41 Å². The molecule has 0 heterocycles. The van der Waals surface area contributed by atoms with Crippen LogP contribution >= 0.6 is 0 Å². The van der Waals surface area contributed by atoms with Crippen molar-refractivity contribution in [2.45, 2.75) is 20.0 Å². The molecule has 0 amide bonds. The van der Waals surface area contributed by atoms with Gasteiger partial charge in [-0.15, -0.1) is 0 Å². The lowest BCUT2D eigenvalue weighted by Gasteiger charge is -2.16. The molecule has 4 heteroatoms. The number of methoxy groups -OCH3 is 1. The zero-order valence-corrected chi connectivity index (χ0v) is 9.20. The van der Waals surface area contributed by atoms with Gasteiger partial charge in [-0.05, 0) is 26.0 Å². The minimum Gasteiger partial charge on any atom is -0.493 e. The zero-order chi connectivity index (χ0) is 11.4. The van der Waals surface area contributed by atoms with E-state index in [0.29, 0.717) is 17.1 Å². The molecule has 0 saturated carbocycles. The van der Waals surface area contributed by atoms with Gasteiger partial charge in [0.1, 0.15) is 5.84 Å². The molecule has 0 radical (unpaired) electrons. The summed E-state index contributed by atoms with van der Waals surface area (Å²) in [5.41, 5.74) is 6.02. The van der Waals surface area contributed by atoms with Crippen LogP contribution in [0.15, 0.2) is 18.2 Å². The summed E-state index contributed by atoms with van der Waals surface area (Å²) in [5, 5.41) is 7.43. The number of hydrogen-bond donors (Lipinski definition) is 2. The molecule has 0 saturated heterocycles. The van der Waals surface area contributed by atoms with Crippen molar-refractivity contribution in [3.8, 4) is 11.5 Å². The van der Waals surface area contributed by atoms with Crippen LogP contribution < -0.4 is 15.2 Å². The van der Waals surface area contributed by atoms with Crippen LogP contribution in [0.4, 0.5) is 0 Å². The highest BCUT2D eigenvalue weighted by atomic mass is 16.5. The van der Waals surface area contributed by atoms with E-state index in [-0.39, 0.29) is 11.9 Å². The first-order valence-corrected chi connectivity index (χ1v) is 4.74. The van der Waals surface area contributed by atoms with E-state index in [1.54, 1.807) is 25.3 Å². The highest BCUT2D eigenvalue weighted by Gasteiger charge is 2.13. The van der Waals surface area contributed by atoms with Crippen LogP contribution in [0, 0.1) is 5.41 Å². The Morgan fingerprint density at radius 3 is 2.53 bits per heavy atom. The highest BCUT2D eigenvalue weighted by molar-refractivity contribution is 5.98. The molecule has 1 aromatic rings. The number of nitrogen functional groups attached to an aromatic ring is 1. The first-order valence-electron chi connectivity index (χ1n) is 4.74. The van der Waals surface area contributed by atoms with Crippen molar-refractivity contribution in [3.05, 3.63) is 23.8 Å². The number of para-hydroxylation sites is 1. The maximum Gasteiger partial charge on any atom is 0.172 e. The molecule has 0 aliphatic heterocycles. The topological polar surface area (TPSA) is 68.3 Å². The van der Waals surface area contributed by atoms with Crippen LogP contribution in [0.3, 0.4) is 0 Å². The van der Waals surface area contributed by atoms with Gasteiger partial charge in [-0.1, -0.05) is 6.07 Å². The van der Waals surface area contributed by atoms with E-state index in [4.69, 9.17) is 20.6 Å². The second-order valence-corrected chi connectivity index (χ2v) is 3.42. The van der Waals surface area contributed by atoms with Gasteiger partial charge in [-0.3, -0.25) is 5.41 Å². The fourth-order valence-electron chi connectivity index (χ4n) is 1.25. The molecule has 3 N–H and O–H groups in total. The molecule has 0 atom stereocenters. The summed E-state index contributed by atoms with van der Waals surface area (Å²) in [4.78, 5) is 0. The van der Waals surface area contributed by atoms with E-state index >= 15 is 0 Å². The molecule has 0 unspecified atom stereocenters. The number of nitrogens with one attached hydrogen (secondary N) is 1. The lowest BCUT2D eigenvalue weighted by atomic mass is 10.1. The first-order chi connectivity index (χ1) is 7.06. The molecule has 1 rings (SSSR count). The lowest BCUT2D eigenvalue weighted by molar-refractivity contribution is 0.229. The van der Waals surface area contributed by atoms with Gasteiger partial charge in [0.15, 0.2) is 11.5 Å². The van der Waals surface area contributed by atoms with Gasteiger partial charge < -0.3 is 15.2 Å². The molecule has 0 aromatic heterocycles. The number of rotatable bonds is 4. The van der Waals surface area contributed by atoms with E-state index in [1.165, 1.54) is 0 Å². The summed E-state index contributed by atoms with van der Waals surface area (Å²) < 4.78 is 10.7. The van der Waals surface area contributed by atoms with Gasteiger partial charge in [-0.25, -0.2) is 0 Å². The van der Waals surface area contributed by atoms with E-state index in [0.717, 1.165) is 0 Å². The van der Waals surface area contributed by atoms with Crippen molar-refractivity contribution in [3.63, 3.8) is 0 Å². The van der Waals surface area contributed by atoms with Gasteiger partial charge in [-0.2, -0.15) is 0 Å². The van der Waals surface area contributed by atoms with Gasteiger partial charge in [0.25, 0.3) is 0 Å². The second kappa shape index (κ2) is 4.68. The van der Waals surface area contributed by atoms with Crippen LogP contribution in [-0.4, -0.2) is 19.0 Å². The summed E-state index contributed by atoms with van der Waals surface area (Å²) in [6.07, 6.45) is 0.0133. The Bertz CT molecular complexity index is 362. The third kappa shape index (κ3) is 2.62. The van der Waals surface area contributed by atoms with E-state index in [1.807, 2.05) is 13.8 Å². The third-order valence-corrected chi connectivity index (χ3v) is 1.84. The normalized spacial score (nSPS) is 10.1. The fraction of sp³-hybridized carbons (Fsp3) is 0.364. The Morgan fingerprint density at radius 2 is 2.07 bits per heavy atom. The van der Waals surface area contributed by atoms with Gasteiger partial charge in [0.2, 0.25) is 0 Å². The monoisotopic (exact) mass is 208 g/mol. The average molecular weight is 208 g/mol. The molecule has 0 fully saturated rings. The minimum atomic E-state index is -0.0236. The minimum absolute atomic E-state index is 0.0133. The zero-order valence-electron chi connectivity index (χ0n) is 9.20. The largest absolute Gasteiger partial charge is 0.493 e. The van der Waals surface area contributed by atoms with Crippen molar-refractivity contribution < 1.29 is 9.47 Å². The van der Waals surface area contributed by atoms with Crippen LogP contribution in [0.1, 0.15) is 19.4 Å². The molecule has 82 valence electrons. The van der Waals surface area contributed by atoms with Gasteiger partial charge >= 0.3 is 0 Å². The Kier molecular flexibility index (Phi) is 3.55. The molecule has 15 heavy (non-hydrogen) atoms. The summed E-state index contributed by atoms with van der Waals surface area (Å²) in [7, 11) is 1.56. The van der Waals surface area contributed by atoms with Crippen LogP contribution in [0.5, 0.6) is 11.5 Å². The molecular formula is C11H16N2O2. The van der Waals surface area contributed by atoms with E-state index < -0.39 is 0 Å². The molecule has 0 bridgehead atoms. The maximum atomic E-state index is 7.43. The SMILES string of the molecule is COc1cccc(C(=N)N)c1OC(C)C. The smallest absolute Gasteiger partial charge is 0.172 e. The van der Waals surface area contributed by atoms with E-state index in [9.17, 15) is 0 Å². The molecule has 0 aliphatic carbocycles. The predicted molar refractivity (Wildman–Crippen MR) is 59.8 cm³/mol. The Hall–Kier alpha value is -1.71. The van der Waals surface area contributed by atoms with Crippen molar-refractivity contribution in [1.82, 2.24) is 0 Å². The molecule has 1 aromatic carbocycles. The highest BCUT2D eigenvalue weighted by Crippen LogP contribution is 2.31. The first kappa shape index (κ1) is 11.4. The maximum absolute atomic E-state index is 7.43. The Balaban J connectivity index is 3.20. The summed E-state index contributed by atoms with van der Waals surface area (Å²) >= 11 is 0. The number of nitrogens with two attached hydrogens (primary N) is 1. The van der Waals surface area contributed by atoms with Gasteiger partial charge in [0, 0.05) is 0 Å². The quantitative estimate of drug-likeness (QED) is 0.585. The Labute approximate surface area is 89.5 Å². The lowest BCUT2D eigenvalue weighted by Crippen LogP contribution is -2.16. The molecular weight excluding hydrogens is 192 g/mol. The average Bonchev–Trinajstić information content (AvgIpc) is 2.16.